The largest absolute Gasteiger partial charge is 0.395 e. The van der Waals surface area contributed by atoms with E-state index in [1.54, 1.807) is 11.3 Å². The Bertz CT molecular complexity index is 246. The fraction of sp³-hybridized carbons (Fsp3) is 0.667. The van der Waals surface area contributed by atoms with E-state index in [1.165, 1.54) is 0 Å². The van der Waals surface area contributed by atoms with E-state index in [2.05, 4.69) is 17.2 Å². The molecule has 0 aromatic carbocycles. The van der Waals surface area contributed by atoms with Crippen LogP contribution in [0, 0.1) is 6.92 Å². The summed E-state index contributed by atoms with van der Waals surface area (Å²) in [4.78, 5) is 4.33. The van der Waals surface area contributed by atoms with E-state index in [0.29, 0.717) is 0 Å². The fourth-order valence-electron chi connectivity index (χ4n) is 1.08. The minimum absolute atomic E-state index is 0.194. The van der Waals surface area contributed by atoms with Gasteiger partial charge in [0.25, 0.3) is 0 Å². The predicted molar refractivity (Wildman–Crippen MR) is 54.9 cm³/mol. The van der Waals surface area contributed by atoms with Crippen molar-refractivity contribution in [1.82, 2.24) is 10.3 Å². The summed E-state index contributed by atoms with van der Waals surface area (Å²) in [7, 11) is 0. The van der Waals surface area contributed by atoms with Crippen molar-refractivity contribution >= 4 is 11.3 Å². The molecule has 0 amide bonds. The van der Waals surface area contributed by atoms with Crippen molar-refractivity contribution in [3.63, 3.8) is 0 Å². The first-order valence-corrected chi connectivity index (χ1v) is 5.39. The molecule has 0 aliphatic carbocycles. The number of thiazole rings is 1. The van der Waals surface area contributed by atoms with Crippen LogP contribution >= 0.6 is 11.3 Å². The molecule has 0 spiro atoms. The minimum atomic E-state index is 0.194. The number of aryl methyl sites for hydroxylation is 1. The van der Waals surface area contributed by atoms with Crippen LogP contribution in [0.4, 0.5) is 0 Å². The van der Waals surface area contributed by atoms with Crippen LogP contribution in [-0.4, -0.2) is 22.7 Å². The Balaban J connectivity index is 2.33. The molecule has 0 unspecified atom stereocenters. The third-order valence-electron chi connectivity index (χ3n) is 1.95. The van der Waals surface area contributed by atoms with Crippen molar-refractivity contribution in [2.45, 2.75) is 32.9 Å². The summed E-state index contributed by atoms with van der Waals surface area (Å²) in [5.41, 5.74) is 1.06. The molecule has 0 aliphatic heterocycles. The van der Waals surface area contributed by atoms with Gasteiger partial charge in [-0.3, -0.25) is 0 Å². The van der Waals surface area contributed by atoms with Crippen LogP contribution in [0.25, 0.3) is 0 Å². The van der Waals surface area contributed by atoms with Crippen molar-refractivity contribution in [2.24, 2.45) is 0 Å². The predicted octanol–water partition coefficient (Wildman–Crippen LogP) is 1.31. The van der Waals surface area contributed by atoms with Gasteiger partial charge in [0.1, 0.15) is 0 Å². The Morgan fingerprint density at radius 3 is 2.92 bits per heavy atom. The van der Waals surface area contributed by atoms with E-state index in [4.69, 9.17) is 5.11 Å². The van der Waals surface area contributed by atoms with Gasteiger partial charge in [-0.05, 0) is 13.3 Å². The van der Waals surface area contributed by atoms with Gasteiger partial charge in [0.2, 0.25) is 0 Å². The normalized spacial score (nSPS) is 13.2. The fourth-order valence-corrected chi connectivity index (χ4v) is 1.69. The van der Waals surface area contributed by atoms with Gasteiger partial charge in [-0.2, -0.15) is 0 Å². The highest BCUT2D eigenvalue weighted by Crippen LogP contribution is 2.07. The Hall–Kier alpha value is -0.450. The number of nitrogens with zero attached hydrogens (tertiary/aromatic N) is 1. The summed E-state index contributed by atoms with van der Waals surface area (Å²) in [6.45, 7) is 5.00. The van der Waals surface area contributed by atoms with Crippen LogP contribution in [0.2, 0.25) is 0 Å². The molecule has 0 aliphatic rings. The standard InChI is InChI=1S/C9H16N2OS/c1-3-8(5-12)10-4-9-6-13-7(2)11-9/h6,8,10,12H,3-5H2,1-2H3/t8-/m1/s1. The second-order valence-corrected chi connectivity index (χ2v) is 4.09. The van der Waals surface area contributed by atoms with Gasteiger partial charge >= 0.3 is 0 Å². The van der Waals surface area contributed by atoms with E-state index in [1.807, 2.05) is 12.3 Å². The lowest BCUT2D eigenvalue weighted by atomic mass is 10.2. The van der Waals surface area contributed by atoms with Gasteiger partial charge in [-0.25, -0.2) is 4.98 Å². The van der Waals surface area contributed by atoms with Gasteiger partial charge in [-0.15, -0.1) is 11.3 Å². The highest BCUT2D eigenvalue weighted by molar-refractivity contribution is 7.09. The van der Waals surface area contributed by atoms with Crippen LogP contribution in [0.3, 0.4) is 0 Å². The molecule has 1 heterocycles. The second kappa shape index (κ2) is 5.32. The number of aliphatic hydroxyl groups is 1. The van der Waals surface area contributed by atoms with Crippen molar-refractivity contribution in [3.8, 4) is 0 Å². The lowest BCUT2D eigenvalue weighted by Gasteiger charge is -2.12. The molecular weight excluding hydrogens is 184 g/mol. The summed E-state index contributed by atoms with van der Waals surface area (Å²) in [5, 5.41) is 15.3. The third kappa shape index (κ3) is 3.42. The maximum Gasteiger partial charge on any atom is 0.0897 e. The third-order valence-corrected chi connectivity index (χ3v) is 2.77. The molecule has 3 nitrogen and oxygen atoms in total. The average Bonchev–Trinajstić information content (AvgIpc) is 2.53. The lowest BCUT2D eigenvalue weighted by Crippen LogP contribution is -2.31. The number of aliphatic hydroxyl groups excluding tert-OH is 1. The molecule has 0 radical (unpaired) electrons. The molecule has 0 fully saturated rings. The molecule has 0 saturated carbocycles. The quantitative estimate of drug-likeness (QED) is 0.753. The molecular formula is C9H16N2OS. The van der Waals surface area contributed by atoms with Crippen LogP contribution in [0.1, 0.15) is 24.0 Å². The Morgan fingerprint density at radius 2 is 2.46 bits per heavy atom. The molecule has 1 rings (SSSR count). The number of aromatic nitrogens is 1. The first kappa shape index (κ1) is 10.6. The number of rotatable bonds is 5. The van der Waals surface area contributed by atoms with Gasteiger partial charge in [-0.1, -0.05) is 6.92 Å². The van der Waals surface area contributed by atoms with E-state index in [9.17, 15) is 0 Å². The topological polar surface area (TPSA) is 45.1 Å². The molecule has 1 atom stereocenters. The molecule has 1 aromatic heterocycles. The average molecular weight is 200 g/mol. The van der Waals surface area contributed by atoms with Gasteiger partial charge in [0, 0.05) is 18.0 Å². The SMILES string of the molecule is CC[C@H](CO)NCc1csc(C)n1. The number of hydrogen-bond donors (Lipinski definition) is 2. The Morgan fingerprint density at radius 1 is 1.69 bits per heavy atom. The lowest BCUT2D eigenvalue weighted by molar-refractivity contribution is 0.238. The zero-order valence-electron chi connectivity index (χ0n) is 8.08. The number of nitrogens with one attached hydrogen (secondary N) is 1. The summed E-state index contributed by atoms with van der Waals surface area (Å²) < 4.78 is 0. The van der Waals surface area contributed by atoms with E-state index in [0.717, 1.165) is 23.7 Å². The first-order chi connectivity index (χ1) is 6.26. The number of hydrogen-bond acceptors (Lipinski definition) is 4. The second-order valence-electron chi connectivity index (χ2n) is 3.03. The summed E-state index contributed by atoms with van der Waals surface area (Å²) in [5.74, 6) is 0. The zero-order valence-corrected chi connectivity index (χ0v) is 8.90. The summed E-state index contributed by atoms with van der Waals surface area (Å²) >= 11 is 1.66. The highest BCUT2D eigenvalue weighted by atomic mass is 32.1. The maximum absolute atomic E-state index is 8.93. The van der Waals surface area contributed by atoms with Gasteiger partial charge in [0.05, 0.1) is 17.3 Å². The molecule has 0 bridgehead atoms. The van der Waals surface area contributed by atoms with Crippen LogP contribution < -0.4 is 5.32 Å². The molecule has 74 valence electrons. The van der Waals surface area contributed by atoms with E-state index >= 15 is 0 Å². The molecule has 1 aromatic rings. The van der Waals surface area contributed by atoms with E-state index < -0.39 is 0 Å². The molecule has 4 heteroatoms. The van der Waals surface area contributed by atoms with Crippen molar-refractivity contribution < 1.29 is 5.11 Å². The Labute approximate surface area is 82.8 Å². The summed E-state index contributed by atoms with van der Waals surface area (Å²) in [6, 6.07) is 0.196. The smallest absolute Gasteiger partial charge is 0.0897 e. The van der Waals surface area contributed by atoms with Crippen molar-refractivity contribution in [2.75, 3.05) is 6.61 Å². The van der Waals surface area contributed by atoms with Gasteiger partial charge in [0.15, 0.2) is 0 Å². The highest BCUT2D eigenvalue weighted by Gasteiger charge is 2.04. The molecule has 2 N–H and O–H groups in total. The summed E-state index contributed by atoms with van der Waals surface area (Å²) in [6.07, 6.45) is 0.944. The minimum Gasteiger partial charge on any atom is -0.395 e. The molecule has 0 saturated heterocycles. The first-order valence-electron chi connectivity index (χ1n) is 4.51. The van der Waals surface area contributed by atoms with Crippen molar-refractivity contribution in [3.05, 3.63) is 16.1 Å². The monoisotopic (exact) mass is 200 g/mol. The zero-order chi connectivity index (χ0) is 9.68. The van der Waals surface area contributed by atoms with Gasteiger partial charge < -0.3 is 10.4 Å². The van der Waals surface area contributed by atoms with Crippen molar-refractivity contribution in [1.29, 1.82) is 0 Å². The maximum atomic E-state index is 8.93. The molecule has 13 heavy (non-hydrogen) atoms. The van der Waals surface area contributed by atoms with E-state index in [-0.39, 0.29) is 12.6 Å². The van der Waals surface area contributed by atoms with Crippen LogP contribution in [0.15, 0.2) is 5.38 Å². The van der Waals surface area contributed by atoms with Crippen LogP contribution in [-0.2, 0) is 6.54 Å². The Kier molecular flexibility index (Phi) is 4.35. The van der Waals surface area contributed by atoms with Crippen LogP contribution in [0.5, 0.6) is 0 Å².